The Balaban J connectivity index is 1.89. The lowest BCUT2D eigenvalue weighted by atomic mass is 10.2. The zero-order chi connectivity index (χ0) is 17.5. The molecule has 0 saturated carbocycles. The molecule has 0 saturated heterocycles. The molecule has 0 aliphatic carbocycles. The number of nitrogens with one attached hydrogen (secondary N) is 2. The van der Waals surface area contributed by atoms with Crippen LogP contribution in [-0.2, 0) is 6.54 Å². The molecule has 2 aromatic rings. The van der Waals surface area contributed by atoms with Gasteiger partial charge in [0.25, 0.3) is 11.9 Å². The largest absolute Gasteiger partial charge is 0.491 e. The monoisotopic (exact) mass is 348 g/mol. The van der Waals surface area contributed by atoms with E-state index in [4.69, 9.17) is 17.0 Å². The number of thiocarbonyl (C=S) groups is 1. The SMILES string of the molecule is CCCn1nnc(NC(=S)NC(=O)c2ccc(OC(C)C)cc2)n1. The van der Waals surface area contributed by atoms with Crippen LogP contribution in [0.25, 0.3) is 0 Å². The standard InChI is InChI=1S/C15H20N6O2S/c1-4-9-21-19-14(18-20-21)17-15(24)16-13(22)11-5-7-12(8-6-11)23-10(2)3/h5-8,10H,4,9H2,1-3H3,(H2,16,17,19,22,24). The van der Waals surface area contributed by atoms with Crippen molar-refractivity contribution in [3.8, 4) is 5.75 Å². The van der Waals surface area contributed by atoms with Crippen molar-refractivity contribution in [2.45, 2.75) is 39.8 Å². The third-order valence-corrected chi connectivity index (χ3v) is 3.02. The minimum atomic E-state index is -0.329. The fourth-order valence-corrected chi connectivity index (χ4v) is 2.04. The third-order valence-electron chi connectivity index (χ3n) is 2.82. The van der Waals surface area contributed by atoms with E-state index in [-0.39, 0.29) is 23.1 Å². The van der Waals surface area contributed by atoms with Crippen LogP contribution in [0.4, 0.5) is 5.95 Å². The highest BCUT2D eigenvalue weighted by molar-refractivity contribution is 7.80. The van der Waals surface area contributed by atoms with E-state index < -0.39 is 0 Å². The quantitative estimate of drug-likeness (QED) is 0.771. The van der Waals surface area contributed by atoms with E-state index in [0.717, 1.165) is 6.42 Å². The van der Waals surface area contributed by atoms with Crippen LogP contribution in [0.3, 0.4) is 0 Å². The van der Waals surface area contributed by atoms with Gasteiger partial charge in [-0.2, -0.15) is 4.80 Å². The number of hydrogen-bond donors (Lipinski definition) is 2. The summed E-state index contributed by atoms with van der Waals surface area (Å²) in [6, 6.07) is 6.82. The number of benzene rings is 1. The molecule has 0 radical (unpaired) electrons. The predicted molar refractivity (Wildman–Crippen MR) is 94.0 cm³/mol. The number of tetrazole rings is 1. The molecule has 8 nitrogen and oxygen atoms in total. The minimum absolute atomic E-state index is 0.0788. The van der Waals surface area contributed by atoms with Gasteiger partial charge in [-0.25, -0.2) is 0 Å². The highest BCUT2D eigenvalue weighted by atomic mass is 32.1. The normalized spacial score (nSPS) is 10.5. The molecule has 1 heterocycles. The summed E-state index contributed by atoms with van der Waals surface area (Å²) in [5.41, 5.74) is 0.470. The summed E-state index contributed by atoms with van der Waals surface area (Å²) >= 11 is 5.08. The molecule has 0 spiro atoms. The van der Waals surface area contributed by atoms with Gasteiger partial charge in [-0.3, -0.25) is 15.4 Å². The number of nitrogens with zero attached hydrogens (tertiary/aromatic N) is 4. The molecule has 1 aromatic heterocycles. The highest BCUT2D eigenvalue weighted by Gasteiger charge is 2.10. The summed E-state index contributed by atoms with van der Waals surface area (Å²) < 4.78 is 5.54. The van der Waals surface area contributed by atoms with Crippen molar-refractivity contribution in [2.24, 2.45) is 0 Å². The van der Waals surface area contributed by atoms with Gasteiger partial charge in [0.1, 0.15) is 5.75 Å². The maximum Gasteiger partial charge on any atom is 0.269 e. The Morgan fingerprint density at radius 3 is 2.67 bits per heavy atom. The van der Waals surface area contributed by atoms with Crippen molar-refractivity contribution < 1.29 is 9.53 Å². The average molecular weight is 348 g/mol. The summed E-state index contributed by atoms with van der Waals surface area (Å²) in [5, 5.41) is 17.2. The number of aromatic nitrogens is 4. The molecule has 1 aromatic carbocycles. The van der Waals surface area contributed by atoms with Gasteiger partial charge < -0.3 is 4.74 Å². The molecule has 2 rings (SSSR count). The first-order valence-electron chi connectivity index (χ1n) is 7.64. The molecular formula is C15H20N6O2S. The van der Waals surface area contributed by atoms with Crippen LogP contribution in [-0.4, -0.2) is 37.3 Å². The van der Waals surface area contributed by atoms with E-state index in [0.29, 0.717) is 17.9 Å². The van der Waals surface area contributed by atoms with Gasteiger partial charge in [0.15, 0.2) is 5.11 Å². The van der Waals surface area contributed by atoms with Gasteiger partial charge in [-0.05, 0) is 62.0 Å². The number of carbonyl (C=O) groups is 1. The molecule has 0 fully saturated rings. The van der Waals surface area contributed by atoms with E-state index in [2.05, 4.69) is 26.0 Å². The van der Waals surface area contributed by atoms with Crippen molar-refractivity contribution in [1.82, 2.24) is 25.5 Å². The molecule has 2 N–H and O–H groups in total. The van der Waals surface area contributed by atoms with Gasteiger partial charge >= 0.3 is 0 Å². The van der Waals surface area contributed by atoms with E-state index in [1.54, 1.807) is 24.3 Å². The minimum Gasteiger partial charge on any atom is -0.491 e. The summed E-state index contributed by atoms with van der Waals surface area (Å²) in [7, 11) is 0. The summed E-state index contributed by atoms with van der Waals surface area (Å²) in [5.74, 6) is 0.623. The van der Waals surface area contributed by atoms with Gasteiger partial charge in [-0.1, -0.05) is 12.0 Å². The molecule has 0 aliphatic rings. The molecule has 0 unspecified atom stereocenters. The maximum absolute atomic E-state index is 12.1. The van der Waals surface area contributed by atoms with Crippen LogP contribution in [0, 0.1) is 0 Å². The third kappa shape index (κ3) is 5.27. The smallest absolute Gasteiger partial charge is 0.269 e. The number of anilines is 1. The molecule has 0 bridgehead atoms. The zero-order valence-corrected chi connectivity index (χ0v) is 14.6. The van der Waals surface area contributed by atoms with E-state index in [1.807, 2.05) is 20.8 Å². The summed E-state index contributed by atoms with van der Waals surface area (Å²) in [6.07, 6.45) is 0.975. The fourth-order valence-electron chi connectivity index (χ4n) is 1.85. The van der Waals surface area contributed by atoms with Crippen LogP contribution in [0.2, 0.25) is 0 Å². The number of carbonyl (C=O) groups excluding carboxylic acids is 1. The number of aryl methyl sites for hydroxylation is 1. The molecule has 9 heteroatoms. The molecule has 0 atom stereocenters. The number of hydrogen-bond acceptors (Lipinski definition) is 6. The topological polar surface area (TPSA) is 94.0 Å². The second kappa shape index (κ2) is 8.34. The molecule has 0 aliphatic heterocycles. The number of amides is 1. The predicted octanol–water partition coefficient (Wildman–Crippen LogP) is 2.00. The number of ether oxygens (including phenoxy) is 1. The molecular weight excluding hydrogens is 328 g/mol. The van der Waals surface area contributed by atoms with Crippen LogP contribution in [0.15, 0.2) is 24.3 Å². The first-order valence-corrected chi connectivity index (χ1v) is 8.05. The van der Waals surface area contributed by atoms with Crippen LogP contribution < -0.4 is 15.4 Å². The Morgan fingerprint density at radius 2 is 2.04 bits per heavy atom. The van der Waals surface area contributed by atoms with E-state index in [1.165, 1.54) is 4.80 Å². The number of rotatable bonds is 6. The zero-order valence-electron chi connectivity index (χ0n) is 13.8. The lowest BCUT2D eigenvalue weighted by molar-refractivity contribution is 0.0977. The summed E-state index contributed by atoms with van der Waals surface area (Å²) in [6.45, 7) is 6.56. The molecule has 24 heavy (non-hydrogen) atoms. The van der Waals surface area contributed by atoms with Crippen molar-refractivity contribution in [2.75, 3.05) is 5.32 Å². The average Bonchev–Trinajstić information content (AvgIpc) is 2.94. The lowest BCUT2D eigenvalue weighted by Crippen LogP contribution is -2.34. The van der Waals surface area contributed by atoms with Crippen molar-refractivity contribution in [3.63, 3.8) is 0 Å². The first kappa shape index (κ1) is 17.8. The lowest BCUT2D eigenvalue weighted by Gasteiger charge is -2.10. The second-order valence-electron chi connectivity index (χ2n) is 5.31. The maximum atomic E-state index is 12.1. The van der Waals surface area contributed by atoms with Crippen molar-refractivity contribution in [1.29, 1.82) is 0 Å². The Morgan fingerprint density at radius 1 is 1.33 bits per heavy atom. The van der Waals surface area contributed by atoms with E-state index in [9.17, 15) is 4.79 Å². The molecule has 128 valence electrons. The van der Waals surface area contributed by atoms with Crippen LogP contribution in [0.5, 0.6) is 5.75 Å². The van der Waals surface area contributed by atoms with Gasteiger partial charge in [0, 0.05) is 5.56 Å². The van der Waals surface area contributed by atoms with Crippen molar-refractivity contribution >= 4 is 29.2 Å². The first-order chi connectivity index (χ1) is 11.5. The Bertz CT molecular complexity index is 698. The van der Waals surface area contributed by atoms with Gasteiger partial charge in [-0.15, -0.1) is 5.10 Å². The Hall–Kier alpha value is -2.55. The second-order valence-corrected chi connectivity index (χ2v) is 5.72. The van der Waals surface area contributed by atoms with Crippen LogP contribution >= 0.6 is 12.2 Å². The highest BCUT2D eigenvalue weighted by Crippen LogP contribution is 2.13. The fraction of sp³-hybridized carbons (Fsp3) is 0.400. The molecule has 1 amide bonds. The van der Waals surface area contributed by atoms with Gasteiger partial charge in [0.2, 0.25) is 0 Å². The Labute approximate surface area is 145 Å². The Kier molecular flexibility index (Phi) is 6.19. The van der Waals surface area contributed by atoms with Gasteiger partial charge in [0.05, 0.1) is 12.6 Å². The van der Waals surface area contributed by atoms with Crippen molar-refractivity contribution in [3.05, 3.63) is 29.8 Å². The van der Waals surface area contributed by atoms with Crippen LogP contribution in [0.1, 0.15) is 37.6 Å². The summed E-state index contributed by atoms with van der Waals surface area (Å²) in [4.78, 5) is 13.6. The van der Waals surface area contributed by atoms with E-state index >= 15 is 0 Å².